The normalized spacial score (nSPS) is 19.8. The monoisotopic (exact) mass is 281 g/mol. The van der Waals surface area contributed by atoms with E-state index in [0.29, 0.717) is 23.1 Å². The molecule has 1 aliphatic rings. The average Bonchev–Trinajstić information content (AvgIpc) is 2.76. The van der Waals surface area contributed by atoms with E-state index in [1.807, 2.05) is 0 Å². The Labute approximate surface area is 119 Å². The molecule has 5 heteroatoms. The second-order valence-electron chi connectivity index (χ2n) is 6.21. The van der Waals surface area contributed by atoms with E-state index in [-0.39, 0.29) is 10.6 Å². The van der Waals surface area contributed by atoms with Crippen molar-refractivity contribution in [1.82, 2.24) is 9.97 Å². The average molecular weight is 282 g/mol. The highest BCUT2D eigenvalue weighted by atomic mass is 35.5. The van der Waals surface area contributed by atoms with E-state index in [4.69, 9.17) is 11.6 Å². The number of hydrogen-bond acceptors (Lipinski definition) is 4. The lowest BCUT2D eigenvalue weighted by Gasteiger charge is -2.27. The van der Waals surface area contributed by atoms with Crippen LogP contribution in [0.3, 0.4) is 0 Å². The molecular formula is C14H20ClN3O. The zero-order valence-electron chi connectivity index (χ0n) is 11.9. The van der Waals surface area contributed by atoms with Gasteiger partial charge in [-0.1, -0.05) is 32.4 Å². The molecule has 1 saturated heterocycles. The van der Waals surface area contributed by atoms with Gasteiger partial charge >= 0.3 is 0 Å². The molecule has 0 radical (unpaired) electrons. The lowest BCUT2D eigenvalue weighted by Crippen LogP contribution is -2.27. The summed E-state index contributed by atoms with van der Waals surface area (Å²) in [4.78, 5) is 21.8. The van der Waals surface area contributed by atoms with Gasteiger partial charge in [0.1, 0.15) is 16.8 Å². The van der Waals surface area contributed by atoms with Crippen LogP contribution in [-0.4, -0.2) is 29.3 Å². The SMILES string of the molecule is Cc1nc(Cl)c(C=O)c(N2CCC(C(C)(C)C)C2)n1. The summed E-state index contributed by atoms with van der Waals surface area (Å²) in [6.07, 6.45) is 1.87. The third kappa shape index (κ3) is 2.89. The second kappa shape index (κ2) is 5.08. The zero-order valence-corrected chi connectivity index (χ0v) is 12.7. The second-order valence-corrected chi connectivity index (χ2v) is 6.57. The molecule has 2 rings (SSSR count). The first kappa shape index (κ1) is 14.3. The Morgan fingerprint density at radius 1 is 1.37 bits per heavy atom. The van der Waals surface area contributed by atoms with E-state index >= 15 is 0 Å². The maximum absolute atomic E-state index is 11.2. The van der Waals surface area contributed by atoms with Gasteiger partial charge in [-0.25, -0.2) is 9.97 Å². The minimum atomic E-state index is 0.247. The zero-order chi connectivity index (χ0) is 14.2. The van der Waals surface area contributed by atoms with Crippen molar-refractivity contribution < 1.29 is 4.79 Å². The fraction of sp³-hybridized carbons (Fsp3) is 0.643. The van der Waals surface area contributed by atoms with E-state index < -0.39 is 0 Å². The van der Waals surface area contributed by atoms with Gasteiger partial charge in [0.2, 0.25) is 0 Å². The molecule has 0 aromatic carbocycles. The highest BCUT2D eigenvalue weighted by Gasteiger charge is 2.33. The number of anilines is 1. The largest absolute Gasteiger partial charge is 0.356 e. The van der Waals surface area contributed by atoms with Crippen molar-refractivity contribution in [2.24, 2.45) is 11.3 Å². The van der Waals surface area contributed by atoms with Gasteiger partial charge in [-0.3, -0.25) is 4.79 Å². The van der Waals surface area contributed by atoms with Gasteiger partial charge in [0.25, 0.3) is 0 Å². The van der Waals surface area contributed by atoms with E-state index in [2.05, 4.69) is 35.6 Å². The molecule has 104 valence electrons. The van der Waals surface area contributed by atoms with Crippen molar-refractivity contribution in [2.45, 2.75) is 34.1 Å². The summed E-state index contributed by atoms with van der Waals surface area (Å²) >= 11 is 6.03. The Morgan fingerprint density at radius 3 is 2.58 bits per heavy atom. The number of rotatable bonds is 2. The van der Waals surface area contributed by atoms with E-state index in [0.717, 1.165) is 25.8 Å². The number of aryl methyl sites for hydroxylation is 1. The Hall–Kier alpha value is -1.16. The molecule has 2 heterocycles. The molecule has 0 aliphatic carbocycles. The third-order valence-electron chi connectivity index (χ3n) is 3.82. The van der Waals surface area contributed by atoms with Crippen LogP contribution in [0.25, 0.3) is 0 Å². The molecule has 0 bridgehead atoms. The lowest BCUT2D eigenvalue weighted by molar-refractivity contribution is 0.112. The van der Waals surface area contributed by atoms with Crippen molar-refractivity contribution in [3.8, 4) is 0 Å². The Kier molecular flexibility index (Phi) is 3.81. The van der Waals surface area contributed by atoms with E-state index in [1.165, 1.54) is 0 Å². The molecule has 0 N–H and O–H groups in total. The Balaban J connectivity index is 2.31. The van der Waals surface area contributed by atoms with Crippen molar-refractivity contribution in [3.63, 3.8) is 0 Å². The van der Waals surface area contributed by atoms with Crippen molar-refractivity contribution in [3.05, 3.63) is 16.5 Å². The Bertz CT molecular complexity index is 496. The molecule has 0 saturated carbocycles. The van der Waals surface area contributed by atoms with Crippen molar-refractivity contribution in [1.29, 1.82) is 0 Å². The number of hydrogen-bond donors (Lipinski definition) is 0. The smallest absolute Gasteiger partial charge is 0.156 e. The first-order valence-electron chi connectivity index (χ1n) is 6.57. The van der Waals surface area contributed by atoms with Gasteiger partial charge in [-0.2, -0.15) is 0 Å². The standard InChI is InChI=1S/C14H20ClN3O/c1-9-16-12(15)11(8-19)13(17-9)18-6-5-10(7-18)14(2,3)4/h8,10H,5-7H2,1-4H3. The van der Waals surface area contributed by atoms with Crippen LogP contribution in [0.5, 0.6) is 0 Å². The molecule has 1 fully saturated rings. The molecule has 0 spiro atoms. The first-order chi connectivity index (χ1) is 8.82. The number of carbonyl (C=O) groups excluding carboxylic acids is 1. The summed E-state index contributed by atoms with van der Waals surface area (Å²) in [5, 5.41) is 0.247. The van der Waals surface area contributed by atoms with Crippen LogP contribution in [0.15, 0.2) is 0 Å². The van der Waals surface area contributed by atoms with Gasteiger partial charge < -0.3 is 4.90 Å². The minimum Gasteiger partial charge on any atom is -0.356 e. The third-order valence-corrected chi connectivity index (χ3v) is 4.11. The predicted molar refractivity (Wildman–Crippen MR) is 76.9 cm³/mol. The van der Waals surface area contributed by atoms with Crippen molar-refractivity contribution in [2.75, 3.05) is 18.0 Å². The molecule has 1 unspecified atom stereocenters. The van der Waals surface area contributed by atoms with Crippen molar-refractivity contribution >= 4 is 23.7 Å². The van der Waals surface area contributed by atoms with Crippen LogP contribution in [0.4, 0.5) is 5.82 Å². The quantitative estimate of drug-likeness (QED) is 0.617. The van der Waals surface area contributed by atoms with E-state index in [9.17, 15) is 4.79 Å². The van der Waals surface area contributed by atoms with Gasteiger partial charge in [-0.15, -0.1) is 0 Å². The summed E-state index contributed by atoms with van der Waals surface area (Å²) < 4.78 is 0. The first-order valence-corrected chi connectivity index (χ1v) is 6.95. The number of carbonyl (C=O) groups is 1. The summed E-state index contributed by atoms with van der Waals surface area (Å²) in [5.74, 6) is 1.88. The topological polar surface area (TPSA) is 46.1 Å². The molecular weight excluding hydrogens is 262 g/mol. The van der Waals surface area contributed by atoms with Gasteiger partial charge in [0.15, 0.2) is 6.29 Å². The Morgan fingerprint density at radius 2 is 2.05 bits per heavy atom. The highest BCUT2D eigenvalue weighted by molar-refractivity contribution is 6.32. The maximum Gasteiger partial charge on any atom is 0.156 e. The van der Waals surface area contributed by atoms with E-state index in [1.54, 1.807) is 6.92 Å². The molecule has 0 amide bonds. The maximum atomic E-state index is 11.2. The summed E-state index contributed by atoms with van der Waals surface area (Å²) in [6.45, 7) is 10.4. The predicted octanol–water partition coefficient (Wildman–Crippen LogP) is 3.12. The van der Waals surface area contributed by atoms with Crippen LogP contribution >= 0.6 is 11.6 Å². The summed E-state index contributed by atoms with van der Waals surface area (Å²) in [5.41, 5.74) is 0.670. The number of aromatic nitrogens is 2. The van der Waals surface area contributed by atoms with Crippen LogP contribution < -0.4 is 4.90 Å². The number of aldehydes is 1. The van der Waals surface area contributed by atoms with Crippen LogP contribution in [0.2, 0.25) is 5.15 Å². The number of halogens is 1. The molecule has 1 aliphatic heterocycles. The van der Waals surface area contributed by atoms with Crippen LogP contribution in [-0.2, 0) is 0 Å². The summed E-state index contributed by atoms with van der Waals surface area (Å²) in [6, 6.07) is 0. The minimum absolute atomic E-state index is 0.247. The molecule has 1 atom stereocenters. The highest BCUT2D eigenvalue weighted by Crippen LogP contribution is 2.36. The number of nitrogens with zero attached hydrogens (tertiary/aromatic N) is 3. The fourth-order valence-corrected chi connectivity index (χ4v) is 2.79. The fourth-order valence-electron chi connectivity index (χ4n) is 2.53. The summed E-state index contributed by atoms with van der Waals surface area (Å²) in [7, 11) is 0. The van der Waals surface area contributed by atoms with Crippen LogP contribution in [0, 0.1) is 18.3 Å². The molecule has 19 heavy (non-hydrogen) atoms. The van der Waals surface area contributed by atoms with Crippen LogP contribution in [0.1, 0.15) is 43.4 Å². The van der Waals surface area contributed by atoms with Gasteiger partial charge in [0, 0.05) is 13.1 Å². The van der Waals surface area contributed by atoms with Gasteiger partial charge in [0.05, 0.1) is 5.56 Å². The molecule has 4 nitrogen and oxygen atoms in total. The molecule has 1 aromatic rings. The van der Waals surface area contributed by atoms with Gasteiger partial charge in [-0.05, 0) is 24.7 Å². The molecule has 1 aromatic heterocycles. The lowest BCUT2D eigenvalue weighted by atomic mass is 9.80.